The molecule has 0 saturated heterocycles. The van der Waals surface area contributed by atoms with Crippen LogP contribution in [-0.4, -0.2) is 31.4 Å². The minimum Gasteiger partial charge on any atom is -0.396 e. The first-order valence-corrected chi connectivity index (χ1v) is 5.22. The molecule has 0 aliphatic carbocycles. The Kier molecular flexibility index (Phi) is 3.31. The fourth-order valence-electron chi connectivity index (χ4n) is 1.42. The molecule has 0 atom stereocenters. The molecule has 1 N–H and O–H groups in total. The van der Waals surface area contributed by atoms with Gasteiger partial charge in [-0.3, -0.25) is 0 Å². The molecule has 2 rings (SSSR count). The Balaban J connectivity index is 2.05. The molecule has 0 aliphatic rings. The number of aliphatic hydroxyl groups excluding tert-OH is 1. The van der Waals surface area contributed by atoms with Crippen molar-refractivity contribution in [2.45, 2.75) is 19.3 Å². The molecule has 2 heterocycles. The summed E-state index contributed by atoms with van der Waals surface area (Å²) in [5, 5.41) is 12.5. The largest absolute Gasteiger partial charge is 0.396 e. The monoisotopic (exact) mass is 222 g/mol. The molecule has 0 radical (unpaired) electrons. The summed E-state index contributed by atoms with van der Waals surface area (Å²) in [6.07, 6.45) is 5.81. The zero-order chi connectivity index (χ0) is 11.4. The first-order chi connectivity index (χ1) is 7.81. The highest BCUT2D eigenvalue weighted by molar-refractivity contribution is 5.42. The van der Waals surface area contributed by atoms with E-state index in [0.29, 0.717) is 24.0 Å². The topological polar surface area (TPSA) is 77.0 Å². The molecule has 0 aliphatic heterocycles. The van der Waals surface area contributed by atoms with E-state index in [1.54, 1.807) is 6.20 Å². The van der Waals surface area contributed by atoms with Gasteiger partial charge in [-0.2, -0.15) is 4.98 Å². The van der Waals surface area contributed by atoms with Crippen molar-refractivity contribution in [3.8, 4) is 11.6 Å². The Morgan fingerprint density at radius 2 is 2.31 bits per heavy atom. The molecule has 0 spiro atoms. The van der Waals surface area contributed by atoms with Gasteiger partial charge >= 0.3 is 0 Å². The number of hydrogen-bond acceptors (Lipinski definition) is 5. The standard InChI is InChI=1S/C10H14N4O2/c1-14-6-5-11-10(14)9-12-8(16-13-9)4-2-3-7-15/h5-6,15H,2-4,7H2,1H3. The van der Waals surface area contributed by atoms with E-state index in [0.717, 1.165) is 12.8 Å². The molecule has 86 valence electrons. The van der Waals surface area contributed by atoms with Crippen LogP contribution in [0.2, 0.25) is 0 Å². The number of aliphatic hydroxyl groups is 1. The Labute approximate surface area is 92.9 Å². The van der Waals surface area contributed by atoms with Crippen molar-refractivity contribution in [2.24, 2.45) is 7.05 Å². The van der Waals surface area contributed by atoms with Crippen LogP contribution in [-0.2, 0) is 13.5 Å². The van der Waals surface area contributed by atoms with Crippen LogP contribution in [0.3, 0.4) is 0 Å². The van der Waals surface area contributed by atoms with Crippen LogP contribution in [0.15, 0.2) is 16.9 Å². The minimum atomic E-state index is 0.195. The van der Waals surface area contributed by atoms with Crippen molar-refractivity contribution in [3.05, 3.63) is 18.3 Å². The fourth-order valence-corrected chi connectivity index (χ4v) is 1.42. The highest BCUT2D eigenvalue weighted by Crippen LogP contribution is 2.13. The molecular formula is C10H14N4O2. The number of imidazole rings is 1. The fraction of sp³-hybridized carbons (Fsp3) is 0.500. The summed E-state index contributed by atoms with van der Waals surface area (Å²) in [7, 11) is 1.88. The first kappa shape index (κ1) is 10.8. The zero-order valence-corrected chi connectivity index (χ0v) is 9.13. The molecule has 0 saturated carbocycles. The second-order valence-corrected chi connectivity index (χ2v) is 3.55. The third-order valence-corrected chi connectivity index (χ3v) is 2.29. The summed E-state index contributed by atoms with van der Waals surface area (Å²) in [4.78, 5) is 8.38. The van der Waals surface area contributed by atoms with Crippen LogP contribution >= 0.6 is 0 Å². The van der Waals surface area contributed by atoms with E-state index < -0.39 is 0 Å². The number of unbranched alkanes of at least 4 members (excludes halogenated alkanes) is 1. The van der Waals surface area contributed by atoms with Crippen molar-refractivity contribution in [1.29, 1.82) is 0 Å². The first-order valence-electron chi connectivity index (χ1n) is 5.22. The lowest BCUT2D eigenvalue weighted by molar-refractivity contribution is 0.281. The minimum absolute atomic E-state index is 0.195. The summed E-state index contributed by atoms with van der Waals surface area (Å²) < 4.78 is 6.93. The maximum Gasteiger partial charge on any atom is 0.238 e. The van der Waals surface area contributed by atoms with E-state index in [1.165, 1.54) is 0 Å². The van der Waals surface area contributed by atoms with Crippen LogP contribution in [0.4, 0.5) is 0 Å². The lowest BCUT2D eigenvalue weighted by Gasteiger charge is -1.93. The predicted molar refractivity (Wildman–Crippen MR) is 56.5 cm³/mol. The summed E-state index contributed by atoms with van der Waals surface area (Å²) >= 11 is 0. The third kappa shape index (κ3) is 2.27. The van der Waals surface area contributed by atoms with Crippen LogP contribution in [0.5, 0.6) is 0 Å². The molecule has 2 aromatic rings. The Hall–Kier alpha value is -1.69. The van der Waals surface area contributed by atoms with Gasteiger partial charge in [0.25, 0.3) is 0 Å². The van der Waals surface area contributed by atoms with Gasteiger partial charge in [-0.1, -0.05) is 5.16 Å². The van der Waals surface area contributed by atoms with E-state index >= 15 is 0 Å². The van der Waals surface area contributed by atoms with E-state index in [2.05, 4.69) is 15.1 Å². The van der Waals surface area contributed by atoms with Gasteiger partial charge in [-0.15, -0.1) is 0 Å². The summed E-state index contributed by atoms with van der Waals surface area (Å²) in [5.41, 5.74) is 0. The van der Waals surface area contributed by atoms with Gasteiger partial charge in [0.05, 0.1) is 0 Å². The smallest absolute Gasteiger partial charge is 0.238 e. The van der Waals surface area contributed by atoms with Crippen LogP contribution in [0, 0.1) is 0 Å². The molecular weight excluding hydrogens is 208 g/mol. The second kappa shape index (κ2) is 4.89. The molecule has 6 heteroatoms. The zero-order valence-electron chi connectivity index (χ0n) is 9.13. The van der Waals surface area contributed by atoms with Crippen LogP contribution in [0.1, 0.15) is 18.7 Å². The van der Waals surface area contributed by atoms with Gasteiger partial charge in [-0.05, 0) is 12.8 Å². The van der Waals surface area contributed by atoms with E-state index in [-0.39, 0.29) is 6.61 Å². The van der Waals surface area contributed by atoms with Gasteiger partial charge in [0.2, 0.25) is 11.7 Å². The maximum atomic E-state index is 8.66. The van der Waals surface area contributed by atoms with Crippen molar-refractivity contribution < 1.29 is 9.63 Å². The SMILES string of the molecule is Cn1ccnc1-c1noc(CCCCO)n1. The summed E-state index contributed by atoms with van der Waals surface area (Å²) in [6, 6.07) is 0. The molecule has 16 heavy (non-hydrogen) atoms. The molecule has 0 amide bonds. The number of rotatable bonds is 5. The van der Waals surface area contributed by atoms with Crippen LogP contribution < -0.4 is 0 Å². The van der Waals surface area contributed by atoms with E-state index in [4.69, 9.17) is 9.63 Å². The normalized spacial score (nSPS) is 10.9. The quantitative estimate of drug-likeness (QED) is 0.756. The number of aromatic nitrogens is 4. The van der Waals surface area contributed by atoms with Crippen molar-refractivity contribution in [2.75, 3.05) is 6.61 Å². The van der Waals surface area contributed by atoms with Crippen LogP contribution in [0.25, 0.3) is 11.6 Å². The molecule has 0 bridgehead atoms. The predicted octanol–water partition coefficient (Wildman–Crippen LogP) is 0.785. The highest BCUT2D eigenvalue weighted by atomic mass is 16.5. The van der Waals surface area contributed by atoms with Gasteiger partial charge in [-0.25, -0.2) is 4.98 Å². The lowest BCUT2D eigenvalue weighted by atomic mass is 10.2. The molecule has 0 fully saturated rings. The Bertz CT molecular complexity index is 449. The van der Waals surface area contributed by atoms with E-state index in [9.17, 15) is 0 Å². The Morgan fingerprint density at radius 1 is 1.44 bits per heavy atom. The van der Waals surface area contributed by atoms with Gasteiger partial charge in [0.1, 0.15) is 0 Å². The third-order valence-electron chi connectivity index (χ3n) is 2.29. The average molecular weight is 222 g/mol. The maximum absolute atomic E-state index is 8.66. The summed E-state index contributed by atoms with van der Waals surface area (Å²) in [5.74, 6) is 1.79. The molecule has 0 aromatic carbocycles. The number of aryl methyl sites for hydroxylation is 2. The van der Waals surface area contributed by atoms with Gasteiger partial charge < -0.3 is 14.2 Å². The van der Waals surface area contributed by atoms with E-state index in [1.807, 2.05) is 17.8 Å². The summed E-state index contributed by atoms with van der Waals surface area (Å²) in [6.45, 7) is 0.195. The lowest BCUT2D eigenvalue weighted by Crippen LogP contribution is -1.93. The molecule has 0 unspecified atom stereocenters. The highest BCUT2D eigenvalue weighted by Gasteiger charge is 2.11. The second-order valence-electron chi connectivity index (χ2n) is 3.55. The Morgan fingerprint density at radius 3 is 3.00 bits per heavy atom. The van der Waals surface area contributed by atoms with Gasteiger partial charge in [0, 0.05) is 32.5 Å². The van der Waals surface area contributed by atoms with Crippen molar-refractivity contribution in [1.82, 2.24) is 19.7 Å². The number of nitrogens with zero attached hydrogens (tertiary/aromatic N) is 4. The molecule has 6 nitrogen and oxygen atoms in total. The van der Waals surface area contributed by atoms with Crippen molar-refractivity contribution in [3.63, 3.8) is 0 Å². The van der Waals surface area contributed by atoms with Gasteiger partial charge in [0.15, 0.2) is 5.82 Å². The molecule has 2 aromatic heterocycles. The number of hydrogen-bond donors (Lipinski definition) is 1. The van der Waals surface area contributed by atoms with Crippen molar-refractivity contribution >= 4 is 0 Å². The average Bonchev–Trinajstić information content (AvgIpc) is 2.87.